The third-order valence-corrected chi connectivity index (χ3v) is 5.85. The van der Waals surface area contributed by atoms with Gasteiger partial charge in [-0.1, -0.05) is 18.2 Å². The first-order chi connectivity index (χ1) is 13.5. The molecule has 0 aromatic heterocycles. The highest BCUT2D eigenvalue weighted by atomic mass is 16.5. The highest BCUT2D eigenvalue weighted by Gasteiger charge is 2.32. The van der Waals surface area contributed by atoms with E-state index in [2.05, 4.69) is 11.0 Å². The van der Waals surface area contributed by atoms with Crippen LogP contribution in [0.4, 0.5) is 0 Å². The minimum atomic E-state index is -0.141. The van der Waals surface area contributed by atoms with E-state index in [1.54, 1.807) is 18.9 Å². The van der Waals surface area contributed by atoms with Crippen LogP contribution in [-0.4, -0.2) is 78.9 Å². The van der Waals surface area contributed by atoms with E-state index in [0.717, 1.165) is 51.3 Å². The van der Waals surface area contributed by atoms with Crippen LogP contribution < -0.4 is 10.5 Å². The normalized spacial score (nSPS) is 24.0. The molecule has 2 N–H and O–H groups in total. The molecule has 2 aliphatic rings. The number of carbonyl (C=O) groups excluding carboxylic acids is 2. The van der Waals surface area contributed by atoms with Gasteiger partial charge in [0.15, 0.2) is 0 Å². The largest absolute Gasteiger partial charge is 0.496 e. The molecule has 0 aliphatic carbocycles. The summed E-state index contributed by atoms with van der Waals surface area (Å²) < 4.78 is 5.44. The fourth-order valence-electron chi connectivity index (χ4n) is 4.14. The van der Waals surface area contributed by atoms with Crippen LogP contribution in [0.25, 0.3) is 0 Å². The molecule has 1 aromatic rings. The number of hydrogen-bond acceptors (Lipinski definition) is 5. The Bertz CT molecular complexity index is 688. The van der Waals surface area contributed by atoms with Crippen molar-refractivity contribution in [1.29, 1.82) is 0 Å². The van der Waals surface area contributed by atoms with Gasteiger partial charge in [-0.25, -0.2) is 0 Å². The summed E-state index contributed by atoms with van der Waals surface area (Å²) in [5.74, 6) is 0.924. The van der Waals surface area contributed by atoms with Crippen LogP contribution in [0.1, 0.15) is 25.3 Å². The second kappa shape index (κ2) is 9.39. The van der Waals surface area contributed by atoms with Crippen LogP contribution in [0, 0.1) is 5.92 Å². The van der Waals surface area contributed by atoms with Crippen LogP contribution in [0.2, 0.25) is 0 Å². The molecule has 7 nitrogen and oxygen atoms in total. The van der Waals surface area contributed by atoms with Gasteiger partial charge in [0, 0.05) is 64.3 Å². The van der Waals surface area contributed by atoms with E-state index in [1.807, 2.05) is 23.1 Å². The van der Waals surface area contributed by atoms with Gasteiger partial charge in [0.05, 0.1) is 13.0 Å². The molecule has 0 saturated carbocycles. The minimum Gasteiger partial charge on any atom is -0.496 e. The minimum absolute atomic E-state index is 0.00298. The lowest BCUT2D eigenvalue weighted by atomic mass is 10.00. The molecule has 2 atom stereocenters. The summed E-state index contributed by atoms with van der Waals surface area (Å²) in [5, 5.41) is 0. The number of benzene rings is 1. The second-order valence-electron chi connectivity index (χ2n) is 7.87. The number of likely N-dealkylation sites (tertiary alicyclic amines) is 1. The Morgan fingerprint density at radius 3 is 2.46 bits per heavy atom. The first-order valence-corrected chi connectivity index (χ1v) is 10.1. The number of carbonyl (C=O) groups is 2. The van der Waals surface area contributed by atoms with Crippen molar-refractivity contribution in [3.05, 3.63) is 29.8 Å². The van der Waals surface area contributed by atoms with Crippen molar-refractivity contribution in [3.63, 3.8) is 0 Å². The number of hydrogen-bond donors (Lipinski definition) is 1. The number of amides is 2. The molecule has 0 bridgehead atoms. The molecule has 7 heteroatoms. The fourth-order valence-corrected chi connectivity index (χ4v) is 4.14. The monoisotopic (exact) mass is 388 g/mol. The van der Waals surface area contributed by atoms with Gasteiger partial charge in [0.2, 0.25) is 11.8 Å². The Labute approximate surface area is 167 Å². The smallest absolute Gasteiger partial charge is 0.227 e. The fraction of sp³-hybridized carbons (Fsp3) is 0.619. The zero-order valence-electron chi connectivity index (χ0n) is 17.0. The lowest BCUT2D eigenvalue weighted by Crippen LogP contribution is -2.51. The average molecular weight is 389 g/mol. The highest BCUT2D eigenvalue weighted by molar-refractivity contribution is 5.80. The van der Waals surface area contributed by atoms with E-state index in [1.165, 1.54) is 5.56 Å². The maximum Gasteiger partial charge on any atom is 0.227 e. The third kappa shape index (κ3) is 5.02. The highest BCUT2D eigenvalue weighted by Crippen LogP contribution is 2.22. The molecular formula is C21H32N4O3. The van der Waals surface area contributed by atoms with Crippen molar-refractivity contribution in [2.45, 2.75) is 32.4 Å². The van der Waals surface area contributed by atoms with E-state index < -0.39 is 0 Å². The standard InChI is InChI=1S/C21H32N4O3/c1-16(26)25-14-18(7-8-19(22)15-25)21(27)24-11-9-23(10-12-24)13-17-5-3-4-6-20(17)28-2/h3-6,18-19H,7-15,22H2,1-2H3/t18-,19+/m1/s1. The molecule has 2 heterocycles. The van der Waals surface area contributed by atoms with Gasteiger partial charge in [-0.05, 0) is 18.9 Å². The Morgan fingerprint density at radius 1 is 1.07 bits per heavy atom. The first kappa shape index (κ1) is 20.6. The predicted octanol–water partition coefficient (Wildman–Crippen LogP) is 0.925. The number of ether oxygens (including phenoxy) is 1. The summed E-state index contributed by atoms with van der Waals surface area (Å²) >= 11 is 0. The number of nitrogens with two attached hydrogens (primary N) is 1. The summed E-state index contributed by atoms with van der Waals surface area (Å²) in [6, 6.07) is 8.02. The van der Waals surface area contributed by atoms with Crippen molar-refractivity contribution >= 4 is 11.8 Å². The molecule has 2 amide bonds. The SMILES string of the molecule is COc1ccccc1CN1CCN(C(=O)[C@@H]2CC[C@H](N)CN(C(C)=O)C2)CC1. The van der Waals surface area contributed by atoms with E-state index in [9.17, 15) is 9.59 Å². The molecule has 1 aromatic carbocycles. The van der Waals surface area contributed by atoms with E-state index in [4.69, 9.17) is 10.5 Å². The number of nitrogens with zero attached hydrogens (tertiary/aromatic N) is 3. The maximum atomic E-state index is 13.1. The number of methoxy groups -OCH3 is 1. The Kier molecular flexibility index (Phi) is 6.91. The van der Waals surface area contributed by atoms with Gasteiger partial charge >= 0.3 is 0 Å². The quantitative estimate of drug-likeness (QED) is 0.830. The topological polar surface area (TPSA) is 79.1 Å². The molecule has 154 valence electrons. The van der Waals surface area contributed by atoms with E-state index >= 15 is 0 Å². The molecule has 0 radical (unpaired) electrons. The van der Waals surface area contributed by atoms with E-state index in [0.29, 0.717) is 13.1 Å². The van der Waals surface area contributed by atoms with Crippen LogP contribution >= 0.6 is 0 Å². The number of para-hydroxylation sites is 1. The summed E-state index contributed by atoms with van der Waals surface area (Å²) in [6.45, 7) is 6.53. The summed E-state index contributed by atoms with van der Waals surface area (Å²) in [4.78, 5) is 30.9. The maximum absolute atomic E-state index is 13.1. The molecule has 0 spiro atoms. The zero-order valence-corrected chi connectivity index (χ0v) is 17.0. The molecule has 0 unspecified atom stereocenters. The van der Waals surface area contributed by atoms with Gasteiger partial charge < -0.3 is 20.3 Å². The van der Waals surface area contributed by atoms with Gasteiger partial charge in [-0.2, -0.15) is 0 Å². The number of rotatable bonds is 4. The average Bonchev–Trinajstić information content (AvgIpc) is 2.90. The van der Waals surface area contributed by atoms with Crippen LogP contribution in [0.5, 0.6) is 5.75 Å². The van der Waals surface area contributed by atoms with Crippen molar-refractivity contribution in [2.24, 2.45) is 11.7 Å². The molecule has 28 heavy (non-hydrogen) atoms. The zero-order chi connectivity index (χ0) is 20.1. The summed E-state index contributed by atoms with van der Waals surface area (Å²) in [6.07, 6.45) is 1.54. The van der Waals surface area contributed by atoms with Gasteiger partial charge in [0.25, 0.3) is 0 Å². The predicted molar refractivity (Wildman–Crippen MR) is 108 cm³/mol. The lowest BCUT2D eigenvalue weighted by Gasteiger charge is -2.37. The van der Waals surface area contributed by atoms with Crippen LogP contribution in [-0.2, 0) is 16.1 Å². The van der Waals surface area contributed by atoms with Gasteiger partial charge in [-0.15, -0.1) is 0 Å². The molecule has 3 rings (SSSR count). The van der Waals surface area contributed by atoms with Crippen molar-refractivity contribution in [2.75, 3.05) is 46.4 Å². The molecule has 2 saturated heterocycles. The Balaban J connectivity index is 1.55. The molecular weight excluding hydrogens is 356 g/mol. The molecule has 2 fully saturated rings. The molecule has 2 aliphatic heterocycles. The van der Waals surface area contributed by atoms with Crippen molar-refractivity contribution < 1.29 is 14.3 Å². The summed E-state index contributed by atoms with van der Waals surface area (Å²) in [5.41, 5.74) is 7.25. The lowest BCUT2D eigenvalue weighted by molar-refractivity contribution is -0.139. The Morgan fingerprint density at radius 2 is 1.79 bits per heavy atom. The summed E-state index contributed by atoms with van der Waals surface area (Å²) in [7, 11) is 1.69. The Hall–Kier alpha value is -2.12. The second-order valence-corrected chi connectivity index (χ2v) is 7.87. The van der Waals surface area contributed by atoms with Crippen LogP contribution in [0.3, 0.4) is 0 Å². The van der Waals surface area contributed by atoms with Crippen LogP contribution in [0.15, 0.2) is 24.3 Å². The first-order valence-electron chi connectivity index (χ1n) is 10.1. The number of piperazine rings is 1. The van der Waals surface area contributed by atoms with Gasteiger partial charge in [-0.3, -0.25) is 14.5 Å². The third-order valence-electron chi connectivity index (χ3n) is 5.85. The van der Waals surface area contributed by atoms with Crippen molar-refractivity contribution in [1.82, 2.24) is 14.7 Å². The van der Waals surface area contributed by atoms with E-state index in [-0.39, 0.29) is 23.8 Å². The van der Waals surface area contributed by atoms with Gasteiger partial charge in [0.1, 0.15) is 5.75 Å². The van der Waals surface area contributed by atoms with Crippen molar-refractivity contribution in [3.8, 4) is 5.75 Å².